The smallest absolute Gasteiger partial charge is 0.465 e. The van der Waals surface area contributed by atoms with Crippen LogP contribution in [-0.4, -0.2) is 24.8 Å². The van der Waals surface area contributed by atoms with Crippen LogP contribution in [-0.2, 0) is 0 Å². The zero-order chi connectivity index (χ0) is 10.2. The van der Waals surface area contributed by atoms with E-state index in [1.54, 1.807) is 0 Å². The van der Waals surface area contributed by atoms with Crippen LogP contribution in [0.1, 0.15) is 0 Å². The van der Waals surface area contributed by atoms with E-state index in [0.717, 1.165) is 0 Å². The summed E-state index contributed by atoms with van der Waals surface area (Å²) in [6.07, 6.45) is 0. The van der Waals surface area contributed by atoms with Crippen molar-refractivity contribution in [3.63, 3.8) is 0 Å². The monoisotopic (exact) mass is 189 g/mol. The maximum Gasteiger partial charge on any atom is 0.465 e. The lowest BCUT2D eigenvalue weighted by Crippen LogP contribution is -2.13. The Kier molecular flexibility index (Phi) is 1.73. The zero-order valence-corrected chi connectivity index (χ0v) is 5.95. The molecule has 0 saturated heterocycles. The normalized spacial score (nSPS) is 9.85. The van der Waals surface area contributed by atoms with Crippen LogP contribution >= 0.6 is 0 Å². The van der Waals surface area contributed by atoms with Gasteiger partial charge in [0.25, 0.3) is 0 Å². The molecule has 0 radical (unpaired) electrons. The minimum Gasteiger partial charge on any atom is -0.495 e. The van der Waals surface area contributed by atoms with Crippen molar-refractivity contribution in [3.8, 4) is 5.75 Å². The number of aromatic nitrogens is 2. The van der Waals surface area contributed by atoms with Crippen LogP contribution in [0.5, 0.6) is 5.75 Å². The maximum atomic E-state index is 10.2. The standard InChI is InChI=1S/C3H3N5O5/c4-6-3(8(12)13)1(9)2(5-6)7(10)11/h9H,4H2. The number of nitrogens with two attached hydrogens (primary N) is 1. The number of nitro groups is 2. The average molecular weight is 189 g/mol. The lowest BCUT2D eigenvalue weighted by molar-refractivity contribution is -0.396. The Hall–Kier alpha value is -2.39. The lowest BCUT2D eigenvalue weighted by atomic mass is 10.5. The summed E-state index contributed by atoms with van der Waals surface area (Å²) in [6.45, 7) is 0. The molecule has 10 nitrogen and oxygen atoms in total. The summed E-state index contributed by atoms with van der Waals surface area (Å²) in [5, 5.41) is 32.1. The van der Waals surface area contributed by atoms with Crippen LogP contribution in [0, 0.1) is 20.2 Å². The van der Waals surface area contributed by atoms with Gasteiger partial charge in [0.15, 0.2) is 5.10 Å². The molecule has 1 aromatic rings. The Morgan fingerprint density at radius 2 is 1.92 bits per heavy atom. The highest BCUT2D eigenvalue weighted by Crippen LogP contribution is 2.32. The minimum atomic E-state index is -1.16. The second kappa shape index (κ2) is 2.58. The Morgan fingerprint density at radius 3 is 2.15 bits per heavy atom. The Balaban J connectivity index is 3.39. The highest BCUT2D eigenvalue weighted by molar-refractivity contribution is 5.51. The number of nitrogens with zero attached hydrogens (tertiary/aromatic N) is 4. The predicted molar refractivity (Wildman–Crippen MR) is 37.4 cm³/mol. The van der Waals surface area contributed by atoms with Gasteiger partial charge in [-0.2, -0.15) is 0 Å². The molecule has 0 atom stereocenters. The summed E-state index contributed by atoms with van der Waals surface area (Å²) >= 11 is 0. The molecule has 13 heavy (non-hydrogen) atoms. The van der Waals surface area contributed by atoms with Gasteiger partial charge in [0, 0.05) is 0 Å². The lowest BCUT2D eigenvalue weighted by Gasteiger charge is -1.88. The largest absolute Gasteiger partial charge is 0.495 e. The van der Waals surface area contributed by atoms with E-state index in [1.165, 1.54) is 0 Å². The van der Waals surface area contributed by atoms with Crippen LogP contribution in [0.3, 0.4) is 0 Å². The van der Waals surface area contributed by atoms with Gasteiger partial charge in [-0.1, -0.05) is 0 Å². The van der Waals surface area contributed by atoms with Crippen LogP contribution < -0.4 is 5.84 Å². The summed E-state index contributed by atoms with van der Waals surface area (Å²) in [7, 11) is 0. The zero-order valence-electron chi connectivity index (χ0n) is 5.95. The first-order chi connectivity index (χ1) is 5.95. The van der Waals surface area contributed by atoms with E-state index in [2.05, 4.69) is 5.10 Å². The molecule has 0 aliphatic heterocycles. The number of rotatable bonds is 2. The van der Waals surface area contributed by atoms with Crippen LogP contribution in [0.15, 0.2) is 0 Å². The number of nitrogen functional groups attached to an aromatic ring is 1. The summed E-state index contributed by atoms with van der Waals surface area (Å²) in [4.78, 5) is 18.2. The number of aromatic hydroxyl groups is 1. The highest BCUT2D eigenvalue weighted by atomic mass is 16.6. The first kappa shape index (κ1) is 8.70. The van der Waals surface area contributed by atoms with Crippen LogP contribution in [0.25, 0.3) is 0 Å². The van der Waals surface area contributed by atoms with Gasteiger partial charge in [-0.3, -0.25) is 0 Å². The third kappa shape index (κ3) is 1.19. The second-order valence-corrected chi connectivity index (χ2v) is 1.95. The van der Waals surface area contributed by atoms with Gasteiger partial charge in [0.05, 0.1) is 4.79 Å². The fraction of sp³-hybridized carbons (Fsp3) is 0. The van der Waals surface area contributed by atoms with Gasteiger partial charge < -0.3 is 25.3 Å². The molecular weight excluding hydrogens is 186 g/mol. The van der Waals surface area contributed by atoms with E-state index >= 15 is 0 Å². The van der Waals surface area contributed by atoms with Gasteiger partial charge in [0.1, 0.15) is 0 Å². The Labute approximate surface area is 69.4 Å². The molecule has 0 bridgehead atoms. The van der Waals surface area contributed by atoms with Gasteiger partial charge in [0.2, 0.25) is 0 Å². The van der Waals surface area contributed by atoms with Crippen molar-refractivity contribution in [2.24, 2.45) is 0 Å². The third-order valence-corrected chi connectivity index (χ3v) is 1.19. The topological polar surface area (TPSA) is 150 Å². The van der Waals surface area contributed by atoms with Crippen molar-refractivity contribution in [1.82, 2.24) is 9.89 Å². The first-order valence-corrected chi connectivity index (χ1v) is 2.81. The quantitative estimate of drug-likeness (QED) is 0.348. The maximum absolute atomic E-state index is 10.2. The van der Waals surface area contributed by atoms with Crippen molar-refractivity contribution >= 4 is 11.6 Å². The molecule has 1 aromatic heterocycles. The minimum absolute atomic E-state index is 0.132. The van der Waals surface area contributed by atoms with Crippen LogP contribution in [0.4, 0.5) is 11.6 Å². The summed E-state index contributed by atoms with van der Waals surface area (Å²) in [5.74, 6) is 1.66. The molecule has 0 aromatic carbocycles. The third-order valence-electron chi connectivity index (χ3n) is 1.19. The van der Waals surface area contributed by atoms with Crippen molar-refractivity contribution in [2.75, 3.05) is 5.84 Å². The molecule has 3 N–H and O–H groups in total. The first-order valence-electron chi connectivity index (χ1n) is 2.81. The molecule has 70 valence electrons. The summed E-state index contributed by atoms with van der Waals surface area (Å²) < 4.78 is 0. The van der Waals surface area contributed by atoms with Crippen molar-refractivity contribution in [1.29, 1.82) is 0 Å². The van der Waals surface area contributed by atoms with Gasteiger partial charge in [-0.15, -0.1) is 0 Å². The molecule has 1 heterocycles. The fourth-order valence-electron chi connectivity index (χ4n) is 0.698. The molecule has 1 rings (SSSR count). The van der Waals surface area contributed by atoms with Crippen molar-refractivity contribution < 1.29 is 15.0 Å². The fourth-order valence-corrected chi connectivity index (χ4v) is 0.698. The van der Waals surface area contributed by atoms with E-state index in [4.69, 9.17) is 10.9 Å². The van der Waals surface area contributed by atoms with Gasteiger partial charge >= 0.3 is 17.4 Å². The molecule has 0 unspecified atom stereocenters. The highest BCUT2D eigenvalue weighted by Gasteiger charge is 2.36. The van der Waals surface area contributed by atoms with E-state index in [9.17, 15) is 20.2 Å². The molecule has 0 fully saturated rings. The second-order valence-electron chi connectivity index (χ2n) is 1.95. The molecule has 0 saturated carbocycles. The summed E-state index contributed by atoms with van der Waals surface area (Å²) in [6, 6.07) is 0. The summed E-state index contributed by atoms with van der Waals surface area (Å²) in [5.41, 5.74) is 0. The molecule has 10 heteroatoms. The van der Waals surface area contributed by atoms with Crippen molar-refractivity contribution in [3.05, 3.63) is 20.2 Å². The Morgan fingerprint density at radius 1 is 1.38 bits per heavy atom. The molecule has 0 spiro atoms. The average Bonchev–Trinajstić information content (AvgIpc) is 2.26. The SMILES string of the molecule is Nn1nc([N+](=O)[O-])c(O)c1[N+](=O)[O-]. The van der Waals surface area contributed by atoms with E-state index < -0.39 is 27.2 Å². The molecule has 0 amide bonds. The number of hydrogen-bond donors (Lipinski definition) is 2. The molecular formula is C3H3N5O5. The molecule has 0 aliphatic rings. The Bertz CT molecular complexity index is 382. The van der Waals surface area contributed by atoms with E-state index in [0.29, 0.717) is 0 Å². The van der Waals surface area contributed by atoms with E-state index in [-0.39, 0.29) is 4.79 Å². The van der Waals surface area contributed by atoms with Gasteiger partial charge in [-0.05, 0) is 9.85 Å². The van der Waals surface area contributed by atoms with Crippen LogP contribution in [0.2, 0.25) is 0 Å². The predicted octanol–water partition coefficient (Wildman–Crippen LogP) is -0.881. The van der Waals surface area contributed by atoms with Crippen molar-refractivity contribution in [2.45, 2.75) is 0 Å². The van der Waals surface area contributed by atoms with Gasteiger partial charge in [-0.25, -0.2) is 5.84 Å². The molecule has 0 aliphatic carbocycles. The number of hydrogen-bond acceptors (Lipinski definition) is 7. The van der Waals surface area contributed by atoms with E-state index in [1.807, 2.05) is 0 Å².